The highest BCUT2D eigenvalue weighted by molar-refractivity contribution is 5.52. The van der Waals surface area contributed by atoms with E-state index in [2.05, 4.69) is 164 Å². The molecule has 0 aliphatic heterocycles. The monoisotopic (exact) mass is 1030 g/mol. The first-order chi connectivity index (χ1) is 34.5. The van der Waals surface area contributed by atoms with Gasteiger partial charge in [0, 0.05) is 0 Å². The molecule has 6 aromatic carbocycles. The van der Waals surface area contributed by atoms with Gasteiger partial charge in [0.1, 0.15) is 34.5 Å². The van der Waals surface area contributed by atoms with Crippen LogP contribution in [0, 0.1) is 83.1 Å². The minimum atomic E-state index is 0.345. The van der Waals surface area contributed by atoms with E-state index in [1.807, 2.05) is 58.0 Å². The second-order valence-electron chi connectivity index (χ2n) is 23.1. The van der Waals surface area contributed by atoms with Gasteiger partial charge in [0.05, 0.1) is 0 Å². The minimum Gasteiger partial charge on any atom is -0.508 e. The van der Waals surface area contributed by atoms with E-state index in [0.29, 0.717) is 75.9 Å². The van der Waals surface area contributed by atoms with Crippen molar-refractivity contribution in [2.75, 3.05) is 0 Å². The van der Waals surface area contributed by atoms with Gasteiger partial charge in [0.15, 0.2) is 0 Å². The smallest absolute Gasteiger partial charge is 0.122 e. The van der Waals surface area contributed by atoms with E-state index in [9.17, 15) is 25.5 Å². The van der Waals surface area contributed by atoms with Crippen molar-refractivity contribution in [1.82, 2.24) is 0 Å². The molecule has 414 valence electrons. The number of hydrogen-bond acceptors (Lipinski definition) is 6. The first kappa shape index (κ1) is 67.1. The molecular formula is C69H102O6. The van der Waals surface area contributed by atoms with Crippen LogP contribution in [0.5, 0.6) is 34.5 Å². The molecule has 0 aromatic heterocycles. The maximum atomic E-state index is 10.2. The number of phenols is 6. The Bertz CT molecular complexity index is 2780. The van der Waals surface area contributed by atoms with Crippen LogP contribution in [-0.4, -0.2) is 30.6 Å². The van der Waals surface area contributed by atoms with Gasteiger partial charge >= 0.3 is 0 Å². The number of phenolic OH excluding ortho intramolecular Hbond substituents is 6. The zero-order valence-electron chi connectivity index (χ0n) is 51.6. The van der Waals surface area contributed by atoms with E-state index in [1.165, 1.54) is 66.8 Å². The number of benzene rings is 6. The van der Waals surface area contributed by atoms with Crippen LogP contribution in [0.15, 0.2) is 66.7 Å². The quantitative estimate of drug-likeness (QED) is 0.0947. The molecule has 6 rings (SSSR count). The van der Waals surface area contributed by atoms with Gasteiger partial charge in [-0.05, 0) is 273 Å². The highest BCUT2D eigenvalue weighted by atomic mass is 16.3. The van der Waals surface area contributed by atoms with Crippen molar-refractivity contribution in [3.63, 3.8) is 0 Å². The van der Waals surface area contributed by atoms with Crippen molar-refractivity contribution in [2.24, 2.45) is 0 Å². The molecule has 0 atom stereocenters. The van der Waals surface area contributed by atoms with E-state index in [0.717, 1.165) is 38.9 Å². The van der Waals surface area contributed by atoms with E-state index in [4.69, 9.17) is 5.11 Å². The summed E-state index contributed by atoms with van der Waals surface area (Å²) in [5.41, 5.74) is 22.6. The number of aryl methyl sites for hydroxylation is 7. The summed E-state index contributed by atoms with van der Waals surface area (Å²) in [6.45, 7) is 54.5. The highest BCUT2D eigenvalue weighted by Gasteiger charge is 2.18. The molecule has 0 heterocycles. The normalized spacial score (nSPS) is 10.9. The third kappa shape index (κ3) is 19.3. The molecule has 0 bridgehead atoms. The predicted octanol–water partition coefficient (Wildman–Crippen LogP) is 19.9. The van der Waals surface area contributed by atoms with E-state index in [1.54, 1.807) is 24.3 Å². The molecular weight excluding hydrogens is 925 g/mol. The van der Waals surface area contributed by atoms with Crippen LogP contribution in [0.1, 0.15) is 244 Å². The van der Waals surface area contributed by atoms with Gasteiger partial charge in [-0.25, -0.2) is 0 Å². The molecule has 6 N–H and O–H groups in total. The number of aromatic hydroxyl groups is 6. The highest BCUT2D eigenvalue weighted by Crippen LogP contribution is 2.38. The van der Waals surface area contributed by atoms with Crippen LogP contribution in [0.2, 0.25) is 0 Å². The van der Waals surface area contributed by atoms with Crippen molar-refractivity contribution < 1.29 is 30.6 Å². The predicted molar refractivity (Wildman–Crippen MR) is 324 cm³/mol. The summed E-state index contributed by atoms with van der Waals surface area (Å²) in [6, 6.07) is 20.7. The van der Waals surface area contributed by atoms with Crippen LogP contribution in [-0.2, 0) is 0 Å². The van der Waals surface area contributed by atoms with Crippen LogP contribution in [0.3, 0.4) is 0 Å². The third-order valence-electron chi connectivity index (χ3n) is 14.7. The molecule has 0 radical (unpaired) electrons. The average molecular weight is 1030 g/mol. The standard InChI is InChI=1S/2C14H22O.3C11H16O.C8H10O/c1-8(2)12-7-13(15)14(9(3)4)11(6)10(12)5;1-8(2)12-7-10(5)11(6)13(9(3)4)14(12)15;1-7(2)11-6-10(12)5-8(3)9(11)4;1-7(2)10-5-8(3)9(4)6-11(10)12;1-7(2)11-9(4)8(3)5-6-10(11)12;1-6-3-4-8(9)5-7(6)2/h2*7-9,15H,1-6H3;3*5-7,12H,1-4H3;3-5,9H,1-2H3. The summed E-state index contributed by atoms with van der Waals surface area (Å²) < 4.78 is 0. The SMILES string of the molecule is Cc1c(C(C)C)cc(O)c(C(C)C)c1C.Cc1cc(C(C)C)c(O)c(C(C)C)c1C.Cc1cc(O)c(C(C)C)cc1C.Cc1cc(O)cc(C(C)C)c1C.Cc1ccc(O)c(C(C)C)c1C.Cc1ccc(O)cc1C. The van der Waals surface area contributed by atoms with Crippen molar-refractivity contribution in [2.45, 2.75) is 221 Å². The fraction of sp³-hybridized carbons (Fsp3) is 0.478. The molecule has 0 fully saturated rings. The second kappa shape index (κ2) is 30.0. The van der Waals surface area contributed by atoms with Crippen molar-refractivity contribution in [1.29, 1.82) is 0 Å². The fourth-order valence-electron chi connectivity index (χ4n) is 9.40. The van der Waals surface area contributed by atoms with E-state index < -0.39 is 0 Å². The third-order valence-corrected chi connectivity index (χ3v) is 14.7. The lowest BCUT2D eigenvalue weighted by Crippen LogP contribution is -2.01. The number of hydrogen-bond donors (Lipinski definition) is 6. The first-order valence-electron chi connectivity index (χ1n) is 27.3. The average Bonchev–Trinajstić information content (AvgIpc) is 3.29. The molecule has 6 aromatic rings. The molecule has 0 saturated carbocycles. The Morgan fingerprint density at radius 3 is 1.07 bits per heavy atom. The Labute approximate surface area is 457 Å². The first-order valence-corrected chi connectivity index (χ1v) is 27.3. The Morgan fingerprint density at radius 1 is 0.240 bits per heavy atom. The van der Waals surface area contributed by atoms with Gasteiger partial charge in [-0.1, -0.05) is 121 Å². The van der Waals surface area contributed by atoms with Crippen molar-refractivity contribution in [3.05, 3.63) is 172 Å². The van der Waals surface area contributed by atoms with Gasteiger partial charge in [-0.3, -0.25) is 0 Å². The van der Waals surface area contributed by atoms with Crippen LogP contribution < -0.4 is 0 Å². The molecule has 0 aliphatic carbocycles. The Hall–Kier alpha value is -5.88. The van der Waals surface area contributed by atoms with Crippen LogP contribution in [0.4, 0.5) is 0 Å². The fourth-order valence-corrected chi connectivity index (χ4v) is 9.40. The molecule has 0 spiro atoms. The maximum absolute atomic E-state index is 10.2. The van der Waals surface area contributed by atoms with Gasteiger partial charge in [0.2, 0.25) is 0 Å². The zero-order valence-corrected chi connectivity index (χ0v) is 51.6. The van der Waals surface area contributed by atoms with E-state index in [-0.39, 0.29) is 0 Å². The molecule has 0 amide bonds. The number of rotatable bonds is 7. The molecule has 6 heteroatoms. The largest absolute Gasteiger partial charge is 0.508 e. The van der Waals surface area contributed by atoms with Gasteiger partial charge in [-0.2, -0.15) is 0 Å². The Kier molecular flexibility index (Phi) is 26.9. The Balaban J connectivity index is 0.000000453. The van der Waals surface area contributed by atoms with Crippen LogP contribution in [0.25, 0.3) is 0 Å². The molecule has 0 saturated heterocycles. The van der Waals surface area contributed by atoms with Gasteiger partial charge in [0.25, 0.3) is 0 Å². The summed E-state index contributed by atoms with van der Waals surface area (Å²) in [4.78, 5) is 0. The summed E-state index contributed by atoms with van der Waals surface area (Å²) in [5.74, 6) is 5.40. The molecule has 6 nitrogen and oxygen atoms in total. The second-order valence-corrected chi connectivity index (χ2v) is 23.1. The molecule has 0 unspecified atom stereocenters. The summed E-state index contributed by atoms with van der Waals surface area (Å²) in [5, 5.41) is 57.7. The topological polar surface area (TPSA) is 121 Å². The maximum Gasteiger partial charge on any atom is 0.122 e. The zero-order chi connectivity index (χ0) is 58.3. The lowest BCUT2D eigenvalue weighted by atomic mass is 9.87. The van der Waals surface area contributed by atoms with Gasteiger partial charge < -0.3 is 30.6 Å². The summed E-state index contributed by atoms with van der Waals surface area (Å²) in [6.07, 6.45) is 0. The lowest BCUT2D eigenvalue weighted by molar-refractivity contribution is 0.453. The molecule has 75 heavy (non-hydrogen) atoms. The van der Waals surface area contributed by atoms with Gasteiger partial charge in [-0.15, -0.1) is 0 Å². The summed E-state index contributed by atoms with van der Waals surface area (Å²) >= 11 is 0. The minimum absolute atomic E-state index is 0.345. The van der Waals surface area contributed by atoms with E-state index >= 15 is 0 Å². The Morgan fingerprint density at radius 2 is 0.627 bits per heavy atom. The van der Waals surface area contributed by atoms with Crippen LogP contribution >= 0.6 is 0 Å². The lowest BCUT2D eigenvalue weighted by Gasteiger charge is -2.19. The van der Waals surface area contributed by atoms with Crippen molar-refractivity contribution in [3.8, 4) is 34.5 Å². The van der Waals surface area contributed by atoms with Crippen molar-refractivity contribution >= 4 is 0 Å². The summed E-state index contributed by atoms with van der Waals surface area (Å²) in [7, 11) is 0. The molecule has 0 aliphatic rings.